The quantitative estimate of drug-likeness (QED) is 0.796. The van der Waals surface area contributed by atoms with Gasteiger partial charge in [0.15, 0.2) is 5.82 Å². The molecule has 1 saturated heterocycles. The highest BCUT2D eigenvalue weighted by Gasteiger charge is 2.29. The van der Waals surface area contributed by atoms with Crippen molar-refractivity contribution in [2.45, 2.75) is 39.3 Å². The fourth-order valence-electron chi connectivity index (χ4n) is 2.23. The standard InChI is InChI=1S/C13H23N5O2/c1-4-15-12(19)10-7-14-5-6-18(10)8-11-16-13(9(2)3)20-17-11/h9-10,14H,4-8H2,1-3H3,(H,15,19). The number of likely N-dealkylation sites (N-methyl/N-ethyl adjacent to an activating group) is 1. The topological polar surface area (TPSA) is 83.3 Å². The molecule has 0 radical (unpaired) electrons. The third kappa shape index (κ3) is 3.55. The molecule has 7 heteroatoms. The second-order valence-electron chi connectivity index (χ2n) is 5.29. The highest BCUT2D eigenvalue weighted by Crippen LogP contribution is 2.13. The maximum atomic E-state index is 12.1. The van der Waals surface area contributed by atoms with Crippen molar-refractivity contribution in [1.29, 1.82) is 0 Å². The average molecular weight is 281 g/mol. The van der Waals surface area contributed by atoms with Gasteiger partial charge in [-0.05, 0) is 6.92 Å². The Morgan fingerprint density at radius 1 is 1.60 bits per heavy atom. The maximum Gasteiger partial charge on any atom is 0.238 e. The zero-order valence-electron chi connectivity index (χ0n) is 12.3. The van der Waals surface area contributed by atoms with Crippen molar-refractivity contribution >= 4 is 5.91 Å². The first-order valence-electron chi connectivity index (χ1n) is 7.16. The molecule has 1 aromatic heterocycles. The van der Waals surface area contributed by atoms with E-state index in [0.29, 0.717) is 31.3 Å². The van der Waals surface area contributed by atoms with Crippen LogP contribution < -0.4 is 10.6 Å². The van der Waals surface area contributed by atoms with E-state index in [4.69, 9.17) is 4.52 Å². The lowest BCUT2D eigenvalue weighted by Gasteiger charge is -2.34. The van der Waals surface area contributed by atoms with Crippen LogP contribution in [-0.2, 0) is 11.3 Å². The Kier molecular flexibility index (Phi) is 5.08. The van der Waals surface area contributed by atoms with Crippen LogP contribution in [0.15, 0.2) is 4.52 Å². The van der Waals surface area contributed by atoms with E-state index >= 15 is 0 Å². The number of aromatic nitrogens is 2. The Balaban J connectivity index is 2.02. The van der Waals surface area contributed by atoms with Crippen molar-refractivity contribution in [2.24, 2.45) is 0 Å². The second-order valence-corrected chi connectivity index (χ2v) is 5.29. The molecular formula is C13H23N5O2. The third-order valence-corrected chi connectivity index (χ3v) is 3.33. The lowest BCUT2D eigenvalue weighted by molar-refractivity contribution is -0.127. The summed E-state index contributed by atoms with van der Waals surface area (Å²) < 4.78 is 5.21. The van der Waals surface area contributed by atoms with Crippen molar-refractivity contribution in [3.05, 3.63) is 11.7 Å². The molecule has 1 amide bonds. The molecule has 1 aliphatic heterocycles. The van der Waals surface area contributed by atoms with Crippen LogP contribution in [0, 0.1) is 0 Å². The van der Waals surface area contributed by atoms with Gasteiger partial charge in [0.2, 0.25) is 11.8 Å². The van der Waals surface area contributed by atoms with E-state index in [1.807, 2.05) is 20.8 Å². The molecule has 0 bridgehead atoms. The first-order valence-corrected chi connectivity index (χ1v) is 7.16. The van der Waals surface area contributed by atoms with E-state index in [-0.39, 0.29) is 17.9 Å². The Hall–Kier alpha value is -1.47. The van der Waals surface area contributed by atoms with Gasteiger partial charge in [-0.3, -0.25) is 9.69 Å². The normalized spacial score (nSPS) is 20.3. The van der Waals surface area contributed by atoms with E-state index in [0.717, 1.165) is 13.1 Å². The van der Waals surface area contributed by atoms with Crippen LogP contribution in [0.25, 0.3) is 0 Å². The molecule has 0 saturated carbocycles. The highest BCUT2D eigenvalue weighted by atomic mass is 16.5. The molecule has 1 aliphatic rings. The monoisotopic (exact) mass is 281 g/mol. The minimum atomic E-state index is -0.176. The zero-order valence-corrected chi connectivity index (χ0v) is 12.3. The molecule has 1 atom stereocenters. The fraction of sp³-hybridized carbons (Fsp3) is 0.769. The molecule has 112 valence electrons. The minimum absolute atomic E-state index is 0.0484. The van der Waals surface area contributed by atoms with Gasteiger partial charge in [-0.2, -0.15) is 4.98 Å². The number of piperazine rings is 1. The molecule has 20 heavy (non-hydrogen) atoms. The summed E-state index contributed by atoms with van der Waals surface area (Å²) in [5, 5.41) is 10.1. The summed E-state index contributed by atoms with van der Waals surface area (Å²) in [5.74, 6) is 1.56. The van der Waals surface area contributed by atoms with Crippen molar-refractivity contribution in [3.8, 4) is 0 Å². The van der Waals surface area contributed by atoms with E-state index in [9.17, 15) is 4.79 Å². The summed E-state index contributed by atoms with van der Waals surface area (Å²) in [4.78, 5) is 18.5. The predicted octanol–water partition coefficient (Wildman–Crippen LogP) is 0.103. The summed E-state index contributed by atoms with van der Waals surface area (Å²) >= 11 is 0. The summed E-state index contributed by atoms with van der Waals surface area (Å²) in [5.41, 5.74) is 0. The summed E-state index contributed by atoms with van der Waals surface area (Å²) in [6.45, 7) is 9.45. The zero-order chi connectivity index (χ0) is 14.5. The van der Waals surface area contributed by atoms with Gasteiger partial charge in [-0.15, -0.1) is 0 Å². The summed E-state index contributed by atoms with van der Waals surface area (Å²) in [6, 6.07) is -0.176. The van der Waals surface area contributed by atoms with E-state index in [2.05, 4.69) is 25.7 Å². The molecule has 7 nitrogen and oxygen atoms in total. The lowest BCUT2D eigenvalue weighted by Crippen LogP contribution is -2.57. The predicted molar refractivity (Wildman–Crippen MR) is 74.1 cm³/mol. The molecule has 0 aliphatic carbocycles. The van der Waals surface area contributed by atoms with Crippen LogP contribution in [0.3, 0.4) is 0 Å². The van der Waals surface area contributed by atoms with E-state index in [1.54, 1.807) is 0 Å². The fourth-order valence-corrected chi connectivity index (χ4v) is 2.23. The smallest absolute Gasteiger partial charge is 0.238 e. The Labute approximate surface area is 119 Å². The molecule has 0 aromatic carbocycles. The Morgan fingerprint density at radius 2 is 2.40 bits per heavy atom. The molecule has 1 aromatic rings. The van der Waals surface area contributed by atoms with E-state index in [1.165, 1.54) is 0 Å². The van der Waals surface area contributed by atoms with E-state index < -0.39 is 0 Å². The molecule has 0 spiro atoms. The number of amides is 1. The summed E-state index contributed by atoms with van der Waals surface area (Å²) in [7, 11) is 0. The first kappa shape index (κ1) is 14.9. The average Bonchev–Trinajstić information content (AvgIpc) is 2.88. The SMILES string of the molecule is CCNC(=O)C1CNCCN1Cc1noc(C(C)C)n1. The van der Waals surface area contributed by atoms with Gasteiger partial charge in [0.1, 0.15) is 6.04 Å². The molecule has 1 unspecified atom stereocenters. The second kappa shape index (κ2) is 6.81. The maximum absolute atomic E-state index is 12.1. The number of carbonyl (C=O) groups is 1. The first-order chi connectivity index (χ1) is 9.61. The number of carbonyl (C=O) groups excluding carboxylic acids is 1. The third-order valence-electron chi connectivity index (χ3n) is 3.33. The van der Waals surface area contributed by atoms with Crippen molar-refractivity contribution in [2.75, 3.05) is 26.2 Å². The number of hydrogen-bond acceptors (Lipinski definition) is 6. The minimum Gasteiger partial charge on any atom is -0.355 e. The van der Waals surface area contributed by atoms with Gasteiger partial charge in [-0.25, -0.2) is 0 Å². The number of hydrogen-bond donors (Lipinski definition) is 2. The Morgan fingerprint density at radius 3 is 3.05 bits per heavy atom. The highest BCUT2D eigenvalue weighted by molar-refractivity contribution is 5.82. The van der Waals surface area contributed by atoms with Gasteiger partial charge < -0.3 is 15.2 Å². The Bertz CT molecular complexity index is 446. The van der Waals surface area contributed by atoms with Gasteiger partial charge in [0, 0.05) is 32.1 Å². The van der Waals surface area contributed by atoms with Crippen LogP contribution in [-0.4, -0.2) is 53.2 Å². The van der Waals surface area contributed by atoms with Crippen LogP contribution >= 0.6 is 0 Å². The van der Waals surface area contributed by atoms with Gasteiger partial charge in [-0.1, -0.05) is 19.0 Å². The number of nitrogens with one attached hydrogen (secondary N) is 2. The van der Waals surface area contributed by atoms with Crippen LogP contribution in [0.1, 0.15) is 38.4 Å². The molecule has 2 N–H and O–H groups in total. The largest absolute Gasteiger partial charge is 0.355 e. The molecular weight excluding hydrogens is 258 g/mol. The van der Waals surface area contributed by atoms with Gasteiger partial charge >= 0.3 is 0 Å². The van der Waals surface area contributed by atoms with Crippen molar-refractivity contribution in [3.63, 3.8) is 0 Å². The molecule has 2 rings (SSSR count). The van der Waals surface area contributed by atoms with Crippen LogP contribution in [0.4, 0.5) is 0 Å². The molecule has 2 heterocycles. The van der Waals surface area contributed by atoms with Crippen LogP contribution in [0.2, 0.25) is 0 Å². The number of nitrogens with zero attached hydrogens (tertiary/aromatic N) is 3. The lowest BCUT2D eigenvalue weighted by atomic mass is 10.1. The van der Waals surface area contributed by atoms with Gasteiger partial charge in [0.25, 0.3) is 0 Å². The molecule has 1 fully saturated rings. The van der Waals surface area contributed by atoms with Crippen molar-refractivity contribution < 1.29 is 9.32 Å². The van der Waals surface area contributed by atoms with Gasteiger partial charge in [0.05, 0.1) is 6.54 Å². The van der Waals surface area contributed by atoms with Crippen molar-refractivity contribution in [1.82, 2.24) is 25.7 Å². The number of rotatable bonds is 5. The summed E-state index contributed by atoms with van der Waals surface area (Å²) in [6.07, 6.45) is 0. The van der Waals surface area contributed by atoms with Crippen LogP contribution in [0.5, 0.6) is 0 Å².